The maximum atomic E-state index is 7.29. The van der Waals surface area contributed by atoms with Crippen molar-refractivity contribution in [3.05, 3.63) is 138 Å². The predicted octanol–water partition coefficient (Wildman–Crippen LogP) is 12.5. The van der Waals surface area contributed by atoms with Crippen molar-refractivity contribution in [2.75, 3.05) is 18.0 Å². The van der Waals surface area contributed by atoms with Crippen LogP contribution in [0.1, 0.15) is 84.8 Å². The Kier molecular flexibility index (Phi) is 9.35. The smallest absolute Gasteiger partial charge is 0.210 e. The number of anilines is 1. The van der Waals surface area contributed by atoms with Crippen LogP contribution in [0.4, 0.5) is 11.4 Å². The van der Waals surface area contributed by atoms with Crippen molar-refractivity contribution in [3.63, 3.8) is 0 Å². The van der Waals surface area contributed by atoms with Gasteiger partial charge in [0.15, 0.2) is 5.71 Å². The van der Waals surface area contributed by atoms with Crippen LogP contribution in [0.15, 0.2) is 119 Å². The van der Waals surface area contributed by atoms with Gasteiger partial charge in [-0.2, -0.15) is 4.58 Å². The molecule has 4 aromatic rings. The van der Waals surface area contributed by atoms with Gasteiger partial charge in [0.05, 0.1) is 5.41 Å². The van der Waals surface area contributed by atoms with Gasteiger partial charge in [-0.15, -0.1) is 0 Å². The third-order valence-electron chi connectivity index (χ3n) is 10.7. The summed E-state index contributed by atoms with van der Waals surface area (Å²) in [6.45, 7) is 16.1. The standard InChI is InChI=1S/C44H48ClN2.CH3/c1-7-28-46-36-24-20-30-14-9-11-18-34(30)40(36)43(3,4)38(46)26-22-32-16-13-17-33(42(32)45)23-27-39-44(5,6)41-35-19-12-10-15-31(35)21-25-37(41)47(39)29-8-2;/h9-12,14-15,18-27H,7-8,13,16-17,28-29H2,1-6H3;1H3/q+1;-1. The normalized spacial score (nSPS) is 20.0. The van der Waals surface area contributed by atoms with E-state index >= 15 is 0 Å². The van der Waals surface area contributed by atoms with Gasteiger partial charge >= 0.3 is 0 Å². The summed E-state index contributed by atoms with van der Waals surface area (Å²) < 4.78 is 2.54. The molecule has 2 nitrogen and oxygen atoms in total. The van der Waals surface area contributed by atoms with Gasteiger partial charge in [0.1, 0.15) is 6.54 Å². The maximum Gasteiger partial charge on any atom is 0.210 e. The molecule has 0 N–H and O–H groups in total. The summed E-state index contributed by atoms with van der Waals surface area (Å²) in [4.78, 5) is 2.54. The van der Waals surface area contributed by atoms with Crippen molar-refractivity contribution in [2.45, 2.75) is 84.5 Å². The molecule has 1 aliphatic carbocycles. The first-order chi connectivity index (χ1) is 22.7. The summed E-state index contributed by atoms with van der Waals surface area (Å²) in [6, 6.07) is 26.8. The fourth-order valence-electron chi connectivity index (χ4n) is 8.57. The Morgan fingerprint density at radius 1 is 0.750 bits per heavy atom. The molecule has 0 aromatic heterocycles. The molecule has 3 heteroatoms. The van der Waals surface area contributed by atoms with Crippen LogP contribution in [0.5, 0.6) is 0 Å². The summed E-state index contributed by atoms with van der Waals surface area (Å²) in [5.74, 6) is 0. The molecule has 2 aliphatic heterocycles. The monoisotopic (exact) mass is 654 g/mol. The third-order valence-corrected chi connectivity index (χ3v) is 11.2. The molecular formula is C45H51ClN2. The van der Waals surface area contributed by atoms with E-state index in [1.165, 1.54) is 66.6 Å². The Morgan fingerprint density at radius 3 is 2.10 bits per heavy atom. The van der Waals surface area contributed by atoms with Gasteiger partial charge in [-0.3, -0.25) is 0 Å². The second kappa shape index (κ2) is 13.2. The minimum Gasteiger partial charge on any atom is -0.358 e. The molecule has 0 saturated carbocycles. The zero-order valence-corrected chi connectivity index (χ0v) is 30.7. The van der Waals surface area contributed by atoms with Gasteiger partial charge in [0.2, 0.25) is 5.69 Å². The molecule has 48 heavy (non-hydrogen) atoms. The van der Waals surface area contributed by atoms with Crippen molar-refractivity contribution >= 4 is 50.2 Å². The topological polar surface area (TPSA) is 6.25 Å². The summed E-state index contributed by atoms with van der Waals surface area (Å²) in [7, 11) is 0. The van der Waals surface area contributed by atoms with E-state index in [-0.39, 0.29) is 18.3 Å². The van der Waals surface area contributed by atoms with Crippen molar-refractivity contribution < 1.29 is 4.58 Å². The first kappa shape index (κ1) is 34.0. The first-order valence-electron chi connectivity index (χ1n) is 17.6. The van der Waals surface area contributed by atoms with E-state index in [9.17, 15) is 0 Å². The molecule has 0 amide bonds. The highest BCUT2D eigenvalue weighted by Gasteiger charge is 2.45. The van der Waals surface area contributed by atoms with E-state index in [1.54, 1.807) is 0 Å². The van der Waals surface area contributed by atoms with Crippen LogP contribution in [0.3, 0.4) is 0 Å². The highest BCUT2D eigenvalue weighted by molar-refractivity contribution is 6.32. The Hall–Kier alpha value is -3.88. The van der Waals surface area contributed by atoms with E-state index in [1.807, 2.05) is 0 Å². The van der Waals surface area contributed by atoms with E-state index in [0.29, 0.717) is 0 Å². The van der Waals surface area contributed by atoms with Crippen molar-refractivity contribution in [1.29, 1.82) is 0 Å². The van der Waals surface area contributed by atoms with Crippen molar-refractivity contribution in [1.82, 2.24) is 0 Å². The van der Waals surface area contributed by atoms with Crippen molar-refractivity contribution in [2.24, 2.45) is 0 Å². The highest BCUT2D eigenvalue weighted by Crippen LogP contribution is 2.51. The molecule has 7 rings (SSSR count). The lowest BCUT2D eigenvalue weighted by atomic mass is 9.78. The molecular weight excluding hydrogens is 604 g/mol. The molecule has 0 spiro atoms. The van der Waals surface area contributed by atoms with Crippen LogP contribution in [0.25, 0.3) is 21.5 Å². The lowest BCUT2D eigenvalue weighted by Crippen LogP contribution is -2.28. The van der Waals surface area contributed by atoms with Crippen LogP contribution < -0.4 is 4.90 Å². The summed E-state index contributed by atoms with van der Waals surface area (Å²) >= 11 is 7.29. The highest BCUT2D eigenvalue weighted by atomic mass is 35.5. The molecule has 3 aliphatic rings. The average Bonchev–Trinajstić information content (AvgIpc) is 3.42. The van der Waals surface area contributed by atoms with E-state index in [4.69, 9.17) is 11.6 Å². The summed E-state index contributed by atoms with van der Waals surface area (Å²) in [5, 5.41) is 6.25. The van der Waals surface area contributed by atoms with E-state index in [0.717, 1.165) is 50.2 Å². The number of benzene rings is 4. The predicted molar refractivity (Wildman–Crippen MR) is 210 cm³/mol. The minimum atomic E-state index is -0.109. The molecule has 0 bridgehead atoms. The quantitative estimate of drug-likeness (QED) is 0.142. The van der Waals surface area contributed by atoms with Crippen LogP contribution in [0, 0.1) is 7.43 Å². The molecule has 2 heterocycles. The van der Waals surface area contributed by atoms with Gasteiger partial charge in [-0.25, -0.2) is 0 Å². The lowest BCUT2D eigenvalue weighted by molar-refractivity contribution is -0.437. The number of hydrogen-bond donors (Lipinski definition) is 0. The number of rotatable bonds is 7. The second-order valence-electron chi connectivity index (χ2n) is 14.6. The van der Waals surface area contributed by atoms with Crippen LogP contribution in [0.2, 0.25) is 0 Å². The molecule has 0 unspecified atom stereocenters. The Morgan fingerprint density at radius 2 is 1.42 bits per heavy atom. The molecule has 0 fully saturated rings. The van der Waals surface area contributed by atoms with Gasteiger partial charge in [-0.1, -0.05) is 106 Å². The fraction of sp³-hybridized carbons (Fsp3) is 0.333. The average molecular weight is 655 g/mol. The Labute approximate surface area is 293 Å². The van der Waals surface area contributed by atoms with Gasteiger partial charge in [0, 0.05) is 52.5 Å². The Balaban J connectivity index is 0.00000401. The fourth-order valence-corrected chi connectivity index (χ4v) is 8.88. The minimum absolute atomic E-state index is 0. The van der Waals surface area contributed by atoms with Gasteiger partial charge in [0.25, 0.3) is 0 Å². The van der Waals surface area contributed by atoms with Crippen molar-refractivity contribution in [3.8, 4) is 0 Å². The summed E-state index contributed by atoms with van der Waals surface area (Å²) in [6.07, 6.45) is 14.7. The number of allylic oxidation sites excluding steroid dienone is 8. The number of hydrogen-bond acceptors (Lipinski definition) is 1. The maximum absolute atomic E-state index is 7.29. The molecule has 0 atom stereocenters. The molecule has 0 radical (unpaired) electrons. The molecule has 0 saturated heterocycles. The second-order valence-corrected chi connectivity index (χ2v) is 14.9. The number of fused-ring (bicyclic) bond motifs is 6. The molecule has 248 valence electrons. The number of halogens is 1. The van der Waals surface area contributed by atoms with Crippen LogP contribution in [-0.2, 0) is 10.8 Å². The lowest BCUT2D eigenvalue weighted by Gasteiger charge is -2.27. The van der Waals surface area contributed by atoms with Gasteiger partial charge < -0.3 is 12.3 Å². The number of nitrogens with zero attached hydrogens (tertiary/aromatic N) is 2. The SMILES string of the molecule is CCCN1/C(=C/C=C2\CCCC(/C=C/C3=[N+](CCC)c4ccc5ccccc5c4C3(C)C)=C2Cl)C(C)(C)c2c1ccc1ccccc21.[CH3-]. The first-order valence-corrected chi connectivity index (χ1v) is 18.0. The van der Waals surface area contributed by atoms with Gasteiger partial charge in [-0.05, 0) is 96.0 Å². The zero-order valence-electron chi connectivity index (χ0n) is 30.0. The van der Waals surface area contributed by atoms with E-state index < -0.39 is 0 Å². The molecule has 4 aromatic carbocycles. The Bertz CT molecular complexity index is 2050. The zero-order chi connectivity index (χ0) is 32.9. The third kappa shape index (κ3) is 5.47. The summed E-state index contributed by atoms with van der Waals surface area (Å²) in [5.41, 5.74) is 10.5. The van der Waals surface area contributed by atoms with E-state index in [2.05, 4.69) is 148 Å². The van der Waals surface area contributed by atoms with Crippen LogP contribution >= 0.6 is 11.6 Å². The van der Waals surface area contributed by atoms with Crippen LogP contribution in [-0.4, -0.2) is 23.4 Å². The largest absolute Gasteiger partial charge is 0.358 e.